The maximum atomic E-state index is 11.9. The number of hydrogen-bond acceptors (Lipinski definition) is 2. The van der Waals surface area contributed by atoms with Gasteiger partial charge in [-0.05, 0) is 37.5 Å². The molecule has 0 bridgehead atoms. The lowest BCUT2D eigenvalue weighted by molar-refractivity contribution is -0.121. The molecule has 21 heavy (non-hydrogen) atoms. The fraction of sp³-hybridized carbons (Fsp3) is 0.500. The minimum absolute atomic E-state index is 0.0519. The van der Waals surface area contributed by atoms with Gasteiger partial charge in [-0.1, -0.05) is 24.6 Å². The van der Waals surface area contributed by atoms with Crippen molar-refractivity contribution < 1.29 is 9.59 Å². The first-order chi connectivity index (χ1) is 9.86. The SMILES string of the molecule is CCCNC(=O)CCN(C(C)=O)c1c(C)cc(C)cc1Cl. The zero-order valence-electron chi connectivity index (χ0n) is 13.1. The molecular formula is C16H23ClN2O2. The van der Waals surface area contributed by atoms with Crippen molar-refractivity contribution in [3.8, 4) is 0 Å². The van der Waals surface area contributed by atoms with E-state index < -0.39 is 0 Å². The topological polar surface area (TPSA) is 49.4 Å². The molecule has 0 spiro atoms. The van der Waals surface area contributed by atoms with E-state index in [1.807, 2.05) is 32.9 Å². The molecule has 0 aliphatic carbocycles. The highest BCUT2D eigenvalue weighted by Gasteiger charge is 2.18. The van der Waals surface area contributed by atoms with Crippen molar-refractivity contribution in [2.75, 3.05) is 18.0 Å². The van der Waals surface area contributed by atoms with Gasteiger partial charge >= 0.3 is 0 Å². The molecule has 0 aliphatic rings. The number of anilines is 1. The number of nitrogens with zero attached hydrogens (tertiary/aromatic N) is 1. The normalized spacial score (nSPS) is 10.3. The molecule has 1 rings (SSSR count). The highest BCUT2D eigenvalue weighted by atomic mass is 35.5. The summed E-state index contributed by atoms with van der Waals surface area (Å²) in [6.45, 7) is 8.34. The molecule has 4 nitrogen and oxygen atoms in total. The van der Waals surface area contributed by atoms with Crippen molar-refractivity contribution in [2.24, 2.45) is 0 Å². The van der Waals surface area contributed by atoms with Crippen LogP contribution < -0.4 is 10.2 Å². The van der Waals surface area contributed by atoms with Crippen LogP contribution in [0.5, 0.6) is 0 Å². The van der Waals surface area contributed by atoms with Gasteiger partial charge in [0.2, 0.25) is 11.8 Å². The predicted octanol–water partition coefficient (Wildman–Crippen LogP) is 3.23. The third kappa shape index (κ3) is 5.05. The van der Waals surface area contributed by atoms with Crippen LogP contribution in [0.4, 0.5) is 5.69 Å². The van der Waals surface area contributed by atoms with Gasteiger partial charge in [0.05, 0.1) is 10.7 Å². The lowest BCUT2D eigenvalue weighted by atomic mass is 10.1. The number of halogens is 1. The van der Waals surface area contributed by atoms with Gasteiger partial charge in [-0.25, -0.2) is 0 Å². The summed E-state index contributed by atoms with van der Waals surface area (Å²) in [7, 11) is 0. The van der Waals surface area contributed by atoms with Crippen LogP contribution >= 0.6 is 11.6 Å². The third-order valence-corrected chi connectivity index (χ3v) is 3.47. The van der Waals surface area contributed by atoms with Gasteiger partial charge in [0, 0.05) is 26.4 Å². The maximum Gasteiger partial charge on any atom is 0.223 e. The van der Waals surface area contributed by atoms with Crippen LogP contribution in [0.1, 0.15) is 37.8 Å². The molecule has 0 radical (unpaired) electrons. The molecule has 0 unspecified atom stereocenters. The number of rotatable bonds is 6. The Bertz CT molecular complexity index is 506. The largest absolute Gasteiger partial charge is 0.356 e. The highest BCUT2D eigenvalue weighted by Crippen LogP contribution is 2.31. The van der Waals surface area contributed by atoms with E-state index in [1.54, 1.807) is 4.90 Å². The Balaban J connectivity index is 2.88. The number of carbonyl (C=O) groups is 2. The molecule has 2 amide bonds. The van der Waals surface area contributed by atoms with E-state index in [9.17, 15) is 9.59 Å². The van der Waals surface area contributed by atoms with Crippen LogP contribution in [0.3, 0.4) is 0 Å². The quantitative estimate of drug-likeness (QED) is 0.877. The summed E-state index contributed by atoms with van der Waals surface area (Å²) >= 11 is 6.28. The van der Waals surface area contributed by atoms with Crippen LogP contribution in [0.25, 0.3) is 0 Å². The highest BCUT2D eigenvalue weighted by molar-refractivity contribution is 6.34. The molecule has 0 saturated carbocycles. The molecule has 0 fully saturated rings. The molecule has 0 aromatic heterocycles. The summed E-state index contributed by atoms with van der Waals surface area (Å²) in [5.41, 5.74) is 2.67. The van der Waals surface area contributed by atoms with Crippen molar-refractivity contribution in [1.82, 2.24) is 5.32 Å². The first kappa shape index (κ1) is 17.5. The lowest BCUT2D eigenvalue weighted by Gasteiger charge is -2.24. The van der Waals surface area contributed by atoms with Crippen LogP contribution in [-0.2, 0) is 9.59 Å². The van der Waals surface area contributed by atoms with E-state index >= 15 is 0 Å². The Morgan fingerprint density at radius 3 is 2.48 bits per heavy atom. The number of amides is 2. The van der Waals surface area contributed by atoms with Crippen molar-refractivity contribution in [3.05, 3.63) is 28.3 Å². The van der Waals surface area contributed by atoms with E-state index in [1.165, 1.54) is 6.92 Å². The number of hydrogen-bond donors (Lipinski definition) is 1. The third-order valence-electron chi connectivity index (χ3n) is 3.18. The monoisotopic (exact) mass is 310 g/mol. The van der Waals surface area contributed by atoms with Gasteiger partial charge in [-0.15, -0.1) is 0 Å². The summed E-state index contributed by atoms with van der Waals surface area (Å²) in [4.78, 5) is 25.2. The van der Waals surface area contributed by atoms with E-state index in [4.69, 9.17) is 11.6 Å². The summed E-state index contributed by atoms with van der Waals surface area (Å²) < 4.78 is 0. The Morgan fingerprint density at radius 2 is 1.95 bits per heavy atom. The maximum absolute atomic E-state index is 11.9. The Hall–Kier alpha value is -1.55. The Labute approximate surface area is 131 Å². The second kappa shape index (κ2) is 8.03. The standard InChI is InChI=1S/C16H23ClN2O2/c1-5-7-18-15(21)6-8-19(13(4)20)16-12(3)9-11(2)10-14(16)17/h9-10H,5-8H2,1-4H3,(H,18,21). The number of benzene rings is 1. The van der Waals surface area contributed by atoms with Gasteiger partial charge in [0.1, 0.15) is 0 Å². The molecule has 0 saturated heterocycles. The number of nitrogens with one attached hydrogen (secondary N) is 1. The first-order valence-corrected chi connectivity index (χ1v) is 7.56. The second-order valence-corrected chi connectivity index (χ2v) is 5.59. The summed E-state index contributed by atoms with van der Waals surface area (Å²) in [6.07, 6.45) is 1.16. The van der Waals surface area contributed by atoms with Crippen molar-refractivity contribution >= 4 is 29.1 Å². The number of aryl methyl sites for hydroxylation is 2. The smallest absolute Gasteiger partial charge is 0.223 e. The Morgan fingerprint density at radius 1 is 1.29 bits per heavy atom. The lowest BCUT2D eigenvalue weighted by Crippen LogP contribution is -2.34. The van der Waals surface area contributed by atoms with Crippen molar-refractivity contribution in [2.45, 2.75) is 40.5 Å². The molecule has 5 heteroatoms. The zero-order chi connectivity index (χ0) is 16.0. The Kier molecular flexibility index (Phi) is 6.69. The van der Waals surface area contributed by atoms with E-state index in [-0.39, 0.29) is 18.2 Å². The van der Waals surface area contributed by atoms with Crippen LogP contribution in [0.15, 0.2) is 12.1 Å². The second-order valence-electron chi connectivity index (χ2n) is 5.18. The predicted molar refractivity (Wildman–Crippen MR) is 86.9 cm³/mol. The zero-order valence-corrected chi connectivity index (χ0v) is 13.9. The van der Waals surface area contributed by atoms with Gasteiger partial charge in [0.25, 0.3) is 0 Å². The minimum atomic E-state index is -0.118. The van der Waals surface area contributed by atoms with Gasteiger partial charge in [0.15, 0.2) is 0 Å². The summed E-state index contributed by atoms with van der Waals surface area (Å²) in [5.74, 6) is -0.170. The molecule has 0 atom stereocenters. The van der Waals surface area contributed by atoms with Gasteiger partial charge < -0.3 is 10.2 Å². The van der Waals surface area contributed by atoms with E-state index in [2.05, 4.69) is 5.32 Å². The minimum Gasteiger partial charge on any atom is -0.356 e. The van der Waals surface area contributed by atoms with Crippen molar-refractivity contribution in [3.63, 3.8) is 0 Å². The van der Waals surface area contributed by atoms with E-state index in [0.29, 0.717) is 23.8 Å². The fourth-order valence-corrected chi connectivity index (χ4v) is 2.67. The van der Waals surface area contributed by atoms with Gasteiger partial charge in [-0.2, -0.15) is 0 Å². The number of carbonyl (C=O) groups excluding carboxylic acids is 2. The van der Waals surface area contributed by atoms with Crippen LogP contribution in [0, 0.1) is 13.8 Å². The molecule has 0 aliphatic heterocycles. The molecule has 0 heterocycles. The average Bonchev–Trinajstić information content (AvgIpc) is 2.38. The first-order valence-electron chi connectivity index (χ1n) is 7.18. The average molecular weight is 311 g/mol. The van der Waals surface area contributed by atoms with Crippen molar-refractivity contribution in [1.29, 1.82) is 0 Å². The molecular weight excluding hydrogens is 288 g/mol. The van der Waals surface area contributed by atoms with Crippen LogP contribution in [0.2, 0.25) is 5.02 Å². The molecule has 116 valence electrons. The summed E-state index contributed by atoms with van der Waals surface area (Å²) in [5, 5.41) is 3.35. The van der Waals surface area contributed by atoms with Gasteiger partial charge in [-0.3, -0.25) is 9.59 Å². The molecule has 1 aromatic carbocycles. The van der Waals surface area contributed by atoms with Crippen LogP contribution in [-0.4, -0.2) is 24.9 Å². The summed E-state index contributed by atoms with van der Waals surface area (Å²) in [6, 6.07) is 3.81. The molecule has 1 aromatic rings. The van der Waals surface area contributed by atoms with E-state index in [0.717, 1.165) is 17.5 Å². The fourth-order valence-electron chi connectivity index (χ4n) is 2.24. The molecule has 1 N–H and O–H groups in total.